The zero-order chi connectivity index (χ0) is 14.6. The normalized spacial score (nSPS) is 16.6. The van der Waals surface area contributed by atoms with Crippen LogP contribution in [0.1, 0.15) is 46.5 Å². The van der Waals surface area contributed by atoms with Gasteiger partial charge in [0.1, 0.15) is 17.4 Å². The molecule has 6 nitrogen and oxygen atoms in total. The highest BCUT2D eigenvalue weighted by Gasteiger charge is 2.29. The van der Waals surface area contributed by atoms with Crippen LogP contribution in [0.2, 0.25) is 0 Å². The number of Topliss-reactive ketones (excluding diaryl/α,β-unsaturated/α-hetero) is 1. The second kappa shape index (κ2) is 6.04. The molecule has 1 amide bonds. The van der Waals surface area contributed by atoms with E-state index in [0.29, 0.717) is 12.3 Å². The number of ether oxygens (including phenoxy) is 1. The van der Waals surface area contributed by atoms with Gasteiger partial charge in [0.15, 0.2) is 0 Å². The van der Waals surface area contributed by atoms with Crippen LogP contribution in [-0.4, -0.2) is 34.6 Å². The van der Waals surface area contributed by atoms with E-state index in [0.717, 1.165) is 12.8 Å². The van der Waals surface area contributed by atoms with E-state index in [9.17, 15) is 14.4 Å². The van der Waals surface area contributed by atoms with Crippen LogP contribution in [-0.2, 0) is 14.3 Å². The predicted octanol–water partition coefficient (Wildman–Crippen LogP) is 1.72. The van der Waals surface area contributed by atoms with Gasteiger partial charge in [0.25, 0.3) is 0 Å². The first-order chi connectivity index (χ1) is 8.67. The number of carbonyl (C=O) groups is 3. The summed E-state index contributed by atoms with van der Waals surface area (Å²) in [7, 11) is 0. The van der Waals surface area contributed by atoms with Crippen molar-refractivity contribution in [1.29, 1.82) is 0 Å². The predicted molar refractivity (Wildman–Crippen MR) is 67.8 cm³/mol. The highest BCUT2D eigenvalue weighted by molar-refractivity contribution is 5.88. The maximum Gasteiger partial charge on any atom is 0.408 e. The Morgan fingerprint density at radius 1 is 1.32 bits per heavy atom. The van der Waals surface area contributed by atoms with Crippen molar-refractivity contribution < 1.29 is 24.2 Å². The minimum Gasteiger partial charge on any atom is -0.480 e. The molecule has 1 aliphatic carbocycles. The van der Waals surface area contributed by atoms with Gasteiger partial charge in [-0.15, -0.1) is 0 Å². The lowest BCUT2D eigenvalue weighted by Crippen LogP contribution is -2.44. The van der Waals surface area contributed by atoms with Crippen LogP contribution in [0.15, 0.2) is 0 Å². The monoisotopic (exact) mass is 271 g/mol. The van der Waals surface area contributed by atoms with Gasteiger partial charge in [-0.3, -0.25) is 4.79 Å². The van der Waals surface area contributed by atoms with Crippen molar-refractivity contribution >= 4 is 17.8 Å². The lowest BCUT2D eigenvalue weighted by atomic mass is 10.1. The summed E-state index contributed by atoms with van der Waals surface area (Å²) in [5.74, 6) is -0.954. The Labute approximate surface area is 112 Å². The standard InChI is InChI=1S/C13H21NO5/c1-13(2,3)19-12(18)14-10(11(16)17)7-9(15)6-8-4-5-8/h8,10H,4-7H2,1-3H3,(H,14,18)(H,16,17). The van der Waals surface area contributed by atoms with Gasteiger partial charge in [-0.05, 0) is 39.5 Å². The molecule has 0 aromatic rings. The molecule has 0 heterocycles. The van der Waals surface area contributed by atoms with Crippen molar-refractivity contribution in [2.75, 3.05) is 0 Å². The summed E-state index contributed by atoms with van der Waals surface area (Å²) in [4.78, 5) is 34.1. The summed E-state index contributed by atoms with van der Waals surface area (Å²) in [6, 6.07) is -1.22. The number of alkyl carbamates (subject to hydrolysis) is 1. The molecule has 0 aromatic heterocycles. The molecule has 0 aliphatic heterocycles. The van der Waals surface area contributed by atoms with Gasteiger partial charge >= 0.3 is 12.1 Å². The number of hydrogen-bond acceptors (Lipinski definition) is 4. The first-order valence-corrected chi connectivity index (χ1v) is 6.41. The van der Waals surface area contributed by atoms with Crippen LogP contribution in [0.3, 0.4) is 0 Å². The molecular formula is C13H21NO5. The Hall–Kier alpha value is -1.59. The number of ketones is 1. The van der Waals surface area contributed by atoms with E-state index in [1.807, 2.05) is 0 Å². The summed E-state index contributed by atoms with van der Waals surface area (Å²) in [5.41, 5.74) is -0.703. The second-order valence-corrected chi connectivity index (χ2v) is 5.93. The fraction of sp³-hybridized carbons (Fsp3) is 0.769. The Bertz CT molecular complexity index is 368. The summed E-state index contributed by atoms with van der Waals surface area (Å²) < 4.78 is 4.97. The number of carboxylic acid groups (broad SMARTS) is 1. The molecule has 1 fully saturated rings. The zero-order valence-electron chi connectivity index (χ0n) is 11.6. The van der Waals surface area contributed by atoms with Gasteiger partial charge in [-0.25, -0.2) is 9.59 Å². The number of rotatable bonds is 6. The van der Waals surface area contributed by atoms with E-state index in [-0.39, 0.29) is 12.2 Å². The van der Waals surface area contributed by atoms with E-state index in [1.54, 1.807) is 20.8 Å². The lowest BCUT2D eigenvalue weighted by molar-refractivity contribution is -0.141. The third-order valence-electron chi connectivity index (χ3n) is 2.63. The van der Waals surface area contributed by atoms with Gasteiger partial charge < -0.3 is 15.2 Å². The quantitative estimate of drug-likeness (QED) is 0.767. The van der Waals surface area contributed by atoms with E-state index in [1.165, 1.54) is 0 Å². The minimum absolute atomic E-state index is 0.133. The summed E-state index contributed by atoms with van der Waals surface area (Å²) in [6.45, 7) is 5.04. The Morgan fingerprint density at radius 2 is 1.89 bits per heavy atom. The first-order valence-electron chi connectivity index (χ1n) is 6.41. The molecule has 0 radical (unpaired) electrons. The molecule has 0 spiro atoms. The fourth-order valence-electron chi connectivity index (χ4n) is 1.60. The topological polar surface area (TPSA) is 92.7 Å². The SMILES string of the molecule is CC(C)(C)OC(=O)NC(CC(=O)CC1CC1)C(=O)O. The van der Waals surface area contributed by atoms with Gasteiger partial charge in [0, 0.05) is 12.8 Å². The first kappa shape index (κ1) is 15.5. The van der Waals surface area contributed by atoms with Crippen LogP contribution < -0.4 is 5.32 Å². The van der Waals surface area contributed by atoms with E-state index in [2.05, 4.69) is 5.32 Å². The molecular weight excluding hydrogens is 250 g/mol. The summed E-state index contributed by atoms with van der Waals surface area (Å²) >= 11 is 0. The molecule has 0 bridgehead atoms. The zero-order valence-corrected chi connectivity index (χ0v) is 11.6. The molecule has 1 atom stereocenters. The molecule has 0 aromatic carbocycles. The van der Waals surface area contributed by atoms with Crippen LogP contribution in [0, 0.1) is 5.92 Å². The average Bonchev–Trinajstić information content (AvgIpc) is 2.97. The molecule has 1 rings (SSSR count). The number of aliphatic carboxylic acids is 1. The van der Waals surface area contributed by atoms with Crippen molar-refractivity contribution in [3.63, 3.8) is 0 Å². The Balaban J connectivity index is 2.45. The van der Waals surface area contributed by atoms with E-state index < -0.39 is 23.7 Å². The van der Waals surface area contributed by atoms with E-state index in [4.69, 9.17) is 9.84 Å². The third kappa shape index (κ3) is 6.79. The molecule has 0 saturated heterocycles. The largest absolute Gasteiger partial charge is 0.480 e. The average molecular weight is 271 g/mol. The van der Waals surface area contributed by atoms with Gasteiger partial charge in [0.2, 0.25) is 0 Å². The van der Waals surface area contributed by atoms with Crippen molar-refractivity contribution in [2.45, 2.75) is 58.1 Å². The van der Waals surface area contributed by atoms with Gasteiger partial charge in [0.05, 0.1) is 0 Å². The summed E-state index contributed by atoms with van der Waals surface area (Å²) in [5, 5.41) is 11.2. The van der Waals surface area contributed by atoms with Gasteiger partial charge in [-0.1, -0.05) is 0 Å². The summed E-state index contributed by atoms with van der Waals surface area (Å²) in [6.07, 6.45) is 1.45. The third-order valence-corrected chi connectivity index (χ3v) is 2.63. The Kier molecular flexibility index (Phi) is 4.91. The van der Waals surface area contributed by atoms with E-state index >= 15 is 0 Å². The fourth-order valence-corrected chi connectivity index (χ4v) is 1.60. The maximum atomic E-state index is 11.6. The van der Waals surface area contributed by atoms with Crippen molar-refractivity contribution in [1.82, 2.24) is 5.32 Å². The second-order valence-electron chi connectivity index (χ2n) is 5.93. The smallest absolute Gasteiger partial charge is 0.408 e. The number of carboxylic acids is 1. The van der Waals surface area contributed by atoms with Crippen LogP contribution in [0.5, 0.6) is 0 Å². The number of carbonyl (C=O) groups excluding carboxylic acids is 2. The molecule has 19 heavy (non-hydrogen) atoms. The molecule has 6 heteroatoms. The Morgan fingerprint density at radius 3 is 2.32 bits per heavy atom. The van der Waals surface area contributed by atoms with Crippen molar-refractivity contribution in [3.05, 3.63) is 0 Å². The highest BCUT2D eigenvalue weighted by atomic mass is 16.6. The number of nitrogens with one attached hydrogen (secondary N) is 1. The van der Waals surface area contributed by atoms with Gasteiger partial charge in [-0.2, -0.15) is 0 Å². The molecule has 1 aliphatic rings. The maximum absolute atomic E-state index is 11.6. The molecule has 1 saturated carbocycles. The number of amides is 1. The lowest BCUT2D eigenvalue weighted by Gasteiger charge is -2.21. The van der Waals surface area contributed by atoms with Crippen molar-refractivity contribution in [2.24, 2.45) is 5.92 Å². The van der Waals surface area contributed by atoms with Crippen molar-refractivity contribution in [3.8, 4) is 0 Å². The van der Waals surface area contributed by atoms with Crippen LogP contribution >= 0.6 is 0 Å². The van der Waals surface area contributed by atoms with Crippen LogP contribution in [0.25, 0.3) is 0 Å². The highest BCUT2D eigenvalue weighted by Crippen LogP contribution is 2.32. The van der Waals surface area contributed by atoms with Crippen LogP contribution in [0.4, 0.5) is 4.79 Å². The minimum atomic E-state index is -1.23. The molecule has 2 N–H and O–H groups in total. The molecule has 108 valence electrons. The molecule has 1 unspecified atom stereocenters. The number of hydrogen-bond donors (Lipinski definition) is 2.